The number of aliphatic carboxylic acids is 1. The van der Waals surface area contributed by atoms with Gasteiger partial charge in [0.05, 0.1) is 19.1 Å². The minimum absolute atomic E-state index is 0.0393. The second-order valence-electron chi connectivity index (χ2n) is 7.87. The molecule has 7 N–H and O–H groups in total. The van der Waals surface area contributed by atoms with Crippen LogP contribution in [0, 0.1) is 5.41 Å². The van der Waals surface area contributed by atoms with Crippen LogP contribution in [-0.4, -0.2) is 87.9 Å². The third kappa shape index (κ3) is 13.2. The summed E-state index contributed by atoms with van der Waals surface area (Å²) in [6, 6.07) is -1.36. The number of amides is 2. The van der Waals surface area contributed by atoms with E-state index in [1.54, 1.807) is 0 Å². The molecular formula is C19H33N3O9S. The number of carbonyl (C=O) groups excluding carboxylic acids is 4. The number of aliphatic hydroxyl groups is 2. The molecule has 0 rings (SSSR count). The van der Waals surface area contributed by atoms with E-state index in [1.807, 2.05) is 0 Å². The maximum atomic E-state index is 12.1. The third-order valence-corrected chi connectivity index (χ3v) is 4.97. The summed E-state index contributed by atoms with van der Waals surface area (Å²) in [6.45, 7) is 4.27. The number of hydrogen-bond acceptors (Lipinski definition) is 10. The van der Waals surface area contributed by atoms with Crippen LogP contribution in [-0.2, 0) is 28.7 Å². The largest absolute Gasteiger partial charge is 0.481 e. The van der Waals surface area contributed by atoms with Gasteiger partial charge in [-0.1, -0.05) is 25.6 Å². The molecular weight excluding hydrogens is 446 g/mol. The second-order valence-corrected chi connectivity index (χ2v) is 9.02. The Labute approximate surface area is 190 Å². The molecule has 0 saturated heterocycles. The zero-order valence-electron chi connectivity index (χ0n) is 18.5. The Morgan fingerprint density at radius 2 is 1.69 bits per heavy atom. The molecule has 0 aromatic heterocycles. The predicted octanol–water partition coefficient (Wildman–Crippen LogP) is -1.63. The molecule has 32 heavy (non-hydrogen) atoms. The van der Waals surface area contributed by atoms with Gasteiger partial charge in [0, 0.05) is 37.1 Å². The lowest BCUT2D eigenvalue weighted by molar-refractivity contribution is -0.156. The van der Waals surface area contributed by atoms with Gasteiger partial charge in [0.1, 0.15) is 12.1 Å². The Bertz CT molecular complexity index is 670. The predicted molar refractivity (Wildman–Crippen MR) is 115 cm³/mol. The molecule has 0 heterocycles. The van der Waals surface area contributed by atoms with Crippen LogP contribution in [0.5, 0.6) is 0 Å². The summed E-state index contributed by atoms with van der Waals surface area (Å²) in [5.74, 6) is -3.00. The molecule has 13 heteroatoms. The molecule has 0 radical (unpaired) electrons. The van der Waals surface area contributed by atoms with Gasteiger partial charge < -0.3 is 36.4 Å². The summed E-state index contributed by atoms with van der Waals surface area (Å²) in [5, 5.41) is 32.8. The van der Waals surface area contributed by atoms with E-state index in [0.717, 1.165) is 11.8 Å². The lowest BCUT2D eigenvalue weighted by atomic mass is 9.87. The van der Waals surface area contributed by atoms with E-state index in [-0.39, 0.29) is 43.6 Å². The van der Waals surface area contributed by atoms with Crippen LogP contribution in [0.2, 0.25) is 0 Å². The molecule has 0 aliphatic heterocycles. The summed E-state index contributed by atoms with van der Waals surface area (Å²) in [4.78, 5) is 57.5. The van der Waals surface area contributed by atoms with E-state index < -0.39 is 47.9 Å². The highest BCUT2D eigenvalue weighted by Crippen LogP contribution is 2.21. The van der Waals surface area contributed by atoms with Gasteiger partial charge in [-0.05, 0) is 6.92 Å². The van der Waals surface area contributed by atoms with E-state index in [1.165, 1.54) is 20.8 Å². The van der Waals surface area contributed by atoms with Crippen molar-refractivity contribution in [2.75, 3.05) is 25.4 Å². The zero-order chi connectivity index (χ0) is 24.9. The van der Waals surface area contributed by atoms with Crippen molar-refractivity contribution < 1.29 is 44.0 Å². The fourth-order valence-electron chi connectivity index (χ4n) is 2.21. The van der Waals surface area contributed by atoms with E-state index in [0.29, 0.717) is 5.75 Å². The molecule has 0 aromatic rings. The number of carboxylic acid groups (broad SMARTS) is 1. The highest BCUT2D eigenvalue weighted by molar-refractivity contribution is 8.13. The minimum atomic E-state index is -1.56. The van der Waals surface area contributed by atoms with E-state index in [9.17, 15) is 29.1 Å². The number of esters is 1. The molecule has 12 nitrogen and oxygen atoms in total. The number of aliphatic hydroxyl groups excluding tert-OH is 2. The number of ether oxygens (including phenoxy) is 1. The maximum Gasteiger partial charge on any atom is 0.323 e. The first kappa shape index (κ1) is 29.8. The summed E-state index contributed by atoms with van der Waals surface area (Å²) in [6.07, 6.45) is -2.90. The van der Waals surface area contributed by atoms with Gasteiger partial charge in [-0.3, -0.25) is 24.0 Å². The van der Waals surface area contributed by atoms with Crippen LogP contribution in [0.4, 0.5) is 0 Å². The second kappa shape index (κ2) is 14.8. The summed E-state index contributed by atoms with van der Waals surface area (Å²) in [7, 11) is 0. The number of carboxylic acids is 1. The van der Waals surface area contributed by atoms with Gasteiger partial charge in [0.15, 0.2) is 5.12 Å². The Morgan fingerprint density at radius 1 is 1.06 bits per heavy atom. The number of thioether (sulfide) groups is 1. The summed E-state index contributed by atoms with van der Waals surface area (Å²) in [5.41, 5.74) is 4.20. The zero-order valence-corrected chi connectivity index (χ0v) is 19.3. The monoisotopic (exact) mass is 479 g/mol. The Balaban J connectivity index is 4.22. The van der Waals surface area contributed by atoms with Crippen LogP contribution in [0.1, 0.15) is 40.0 Å². The van der Waals surface area contributed by atoms with Gasteiger partial charge >= 0.3 is 11.9 Å². The van der Waals surface area contributed by atoms with Gasteiger partial charge in [-0.2, -0.15) is 0 Å². The first-order chi connectivity index (χ1) is 14.8. The van der Waals surface area contributed by atoms with Gasteiger partial charge in [0.25, 0.3) is 0 Å². The number of carbonyl (C=O) groups is 5. The number of hydrogen-bond donors (Lipinski definition) is 6. The molecule has 0 fully saturated rings. The van der Waals surface area contributed by atoms with Crippen LogP contribution in [0.15, 0.2) is 0 Å². The quantitative estimate of drug-likeness (QED) is 0.116. The fraction of sp³-hybridized carbons (Fsp3) is 0.737. The number of nitrogens with one attached hydrogen (secondary N) is 2. The first-order valence-corrected chi connectivity index (χ1v) is 10.9. The molecule has 184 valence electrons. The van der Waals surface area contributed by atoms with E-state index in [2.05, 4.69) is 10.6 Å². The van der Waals surface area contributed by atoms with E-state index >= 15 is 0 Å². The molecule has 0 saturated carbocycles. The third-order valence-electron chi connectivity index (χ3n) is 4.07. The van der Waals surface area contributed by atoms with Crippen LogP contribution in [0.3, 0.4) is 0 Å². The van der Waals surface area contributed by atoms with Crippen molar-refractivity contribution in [2.24, 2.45) is 11.1 Å². The lowest BCUT2D eigenvalue weighted by Gasteiger charge is -2.29. The highest BCUT2D eigenvalue weighted by Gasteiger charge is 2.35. The smallest absolute Gasteiger partial charge is 0.323 e. The molecule has 0 spiro atoms. The lowest BCUT2D eigenvalue weighted by Crippen LogP contribution is -2.47. The molecule has 0 aliphatic carbocycles. The SMILES string of the molecule is C[C@@H](O)CC(=O)SCCNC(=O)CCNC(=O)[C@H](O)C(C)(C)COC(=O)[C@@H](N)CC(=O)O. The molecule has 0 aliphatic rings. The van der Waals surface area contributed by atoms with Crippen molar-refractivity contribution in [3.63, 3.8) is 0 Å². The molecule has 0 unspecified atom stereocenters. The van der Waals surface area contributed by atoms with Crippen LogP contribution in [0.25, 0.3) is 0 Å². The first-order valence-electron chi connectivity index (χ1n) is 9.96. The Morgan fingerprint density at radius 3 is 2.25 bits per heavy atom. The van der Waals surface area contributed by atoms with Crippen molar-refractivity contribution in [3.8, 4) is 0 Å². The molecule has 3 atom stereocenters. The molecule has 0 bridgehead atoms. The van der Waals surface area contributed by atoms with Crippen molar-refractivity contribution in [2.45, 2.75) is 58.3 Å². The van der Waals surface area contributed by atoms with Gasteiger partial charge in [0.2, 0.25) is 11.8 Å². The van der Waals surface area contributed by atoms with Crippen molar-refractivity contribution in [1.82, 2.24) is 10.6 Å². The standard InChI is InChI=1S/C19H33N3O9S/c1-11(23)8-15(27)32-7-6-21-13(24)4-5-22-17(29)16(28)19(2,3)10-31-18(30)12(20)9-14(25)26/h11-12,16,23,28H,4-10,20H2,1-3H3,(H,21,24)(H,22,29)(H,25,26)/t11-,12+,16+/m1/s1. The fourth-order valence-corrected chi connectivity index (χ4v) is 3.00. The summed E-state index contributed by atoms with van der Waals surface area (Å²) < 4.78 is 4.91. The summed E-state index contributed by atoms with van der Waals surface area (Å²) >= 11 is 1.00. The topological polar surface area (TPSA) is 205 Å². The van der Waals surface area contributed by atoms with Crippen LogP contribution < -0.4 is 16.4 Å². The Hall–Kier alpha value is -2.22. The maximum absolute atomic E-state index is 12.1. The average molecular weight is 480 g/mol. The minimum Gasteiger partial charge on any atom is -0.481 e. The highest BCUT2D eigenvalue weighted by atomic mass is 32.2. The van der Waals surface area contributed by atoms with Gasteiger partial charge in [-0.15, -0.1) is 0 Å². The van der Waals surface area contributed by atoms with Crippen molar-refractivity contribution in [3.05, 3.63) is 0 Å². The van der Waals surface area contributed by atoms with Crippen LogP contribution >= 0.6 is 11.8 Å². The Kier molecular flexibility index (Phi) is 13.7. The number of rotatable bonds is 15. The van der Waals surface area contributed by atoms with Gasteiger partial charge in [-0.25, -0.2) is 0 Å². The van der Waals surface area contributed by atoms with Crippen molar-refractivity contribution in [1.29, 1.82) is 0 Å². The van der Waals surface area contributed by atoms with Crippen molar-refractivity contribution >= 4 is 40.6 Å². The number of nitrogens with two attached hydrogens (primary N) is 1. The molecule has 2 amide bonds. The average Bonchev–Trinajstić information content (AvgIpc) is 2.67. The normalized spacial score (nSPS) is 14.1. The van der Waals surface area contributed by atoms with E-state index in [4.69, 9.17) is 20.7 Å². The molecule has 0 aromatic carbocycles.